The highest BCUT2D eigenvalue weighted by Gasteiger charge is 2.30. The maximum Gasteiger partial charge on any atom is 0.164 e. The zero-order valence-corrected chi connectivity index (χ0v) is 12.4. The standard InChI is InChI=1S/C16H15FN4O/c1-16(2)7-12-13(8-18)15(19)21(20-14(12)9-22-16)11-5-3-4-10(17)6-11/h3-6,19H,7,9H2,1-2H3. The lowest BCUT2D eigenvalue weighted by molar-refractivity contribution is -0.0428. The van der Waals surface area contributed by atoms with Crippen LogP contribution < -0.4 is 5.49 Å². The summed E-state index contributed by atoms with van der Waals surface area (Å²) in [6, 6.07) is 7.89. The van der Waals surface area contributed by atoms with Crippen LogP contribution in [0.15, 0.2) is 24.3 Å². The second-order valence-electron chi connectivity index (χ2n) is 5.88. The van der Waals surface area contributed by atoms with E-state index in [0.717, 1.165) is 5.56 Å². The Labute approximate surface area is 127 Å². The van der Waals surface area contributed by atoms with Crippen LogP contribution in [0.25, 0.3) is 5.69 Å². The molecule has 5 nitrogen and oxygen atoms in total. The van der Waals surface area contributed by atoms with Crippen molar-refractivity contribution in [3.8, 4) is 11.8 Å². The third-order valence-electron chi connectivity index (χ3n) is 3.69. The molecule has 1 N–H and O–H groups in total. The van der Waals surface area contributed by atoms with Gasteiger partial charge in [0.2, 0.25) is 0 Å². The first-order valence-corrected chi connectivity index (χ1v) is 6.91. The van der Waals surface area contributed by atoms with E-state index in [1.165, 1.54) is 16.8 Å². The van der Waals surface area contributed by atoms with Gasteiger partial charge >= 0.3 is 0 Å². The highest BCUT2D eigenvalue weighted by atomic mass is 19.1. The van der Waals surface area contributed by atoms with Crippen LogP contribution in [0.5, 0.6) is 0 Å². The van der Waals surface area contributed by atoms with Gasteiger partial charge in [0, 0.05) is 12.0 Å². The number of halogens is 1. The molecule has 0 saturated heterocycles. The minimum Gasteiger partial charge on any atom is -0.369 e. The molecule has 1 aromatic carbocycles. The smallest absolute Gasteiger partial charge is 0.164 e. The van der Waals surface area contributed by atoms with Gasteiger partial charge in [-0.3, -0.25) is 5.41 Å². The second-order valence-corrected chi connectivity index (χ2v) is 5.88. The molecule has 0 bridgehead atoms. The van der Waals surface area contributed by atoms with Crippen molar-refractivity contribution < 1.29 is 9.13 Å². The van der Waals surface area contributed by atoms with Crippen LogP contribution in [0, 0.1) is 22.6 Å². The highest BCUT2D eigenvalue weighted by Crippen LogP contribution is 2.27. The lowest BCUT2D eigenvalue weighted by atomic mass is 9.92. The Morgan fingerprint density at radius 3 is 2.91 bits per heavy atom. The third kappa shape index (κ3) is 2.40. The first kappa shape index (κ1) is 14.4. The van der Waals surface area contributed by atoms with Crippen LogP contribution in [-0.2, 0) is 17.8 Å². The summed E-state index contributed by atoms with van der Waals surface area (Å²) >= 11 is 0. The molecule has 3 rings (SSSR count). The van der Waals surface area contributed by atoms with E-state index in [1.54, 1.807) is 12.1 Å². The maximum absolute atomic E-state index is 13.4. The number of hydrogen-bond acceptors (Lipinski definition) is 4. The summed E-state index contributed by atoms with van der Waals surface area (Å²) < 4.78 is 20.4. The molecule has 2 aromatic rings. The zero-order valence-electron chi connectivity index (χ0n) is 12.4. The van der Waals surface area contributed by atoms with E-state index in [4.69, 9.17) is 10.1 Å². The molecular weight excluding hydrogens is 283 g/mol. The van der Waals surface area contributed by atoms with E-state index in [2.05, 4.69) is 11.2 Å². The molecule has 1 aliphatic heterocycles. The number of nitrogens with zero attached hydrogens (tertiary/aromatic N) is 3. The average Bonchev–Trinajstić information content (AvgIpc) is 2.46. The van der Waals surface area contributed by atoms with Crippen molar-refractivity contribution in [2.75, 3.05) is 0 Å². The van der Waals surface area contributed by atoms with Gasteiger partial charge < -0.3 is 4.74 Å². The molecule has 0 radical (unpaired) electrons. The van der Waals surface area contributed by atoms with Crippen LogP contribution in [0.2, 0.25) is 0 Å². The van der Waals surface area contributed by atoms with Crippen molar-refractivity contribution in [3.63, 3.8) is 0 Å². The first-order chi connectivity index (χ1) is 10.4. The molecule has 0 amide bonds. The van der Waals surface area contributed by atoms with E-state index in [0.29, 0.717) is 17.8 Å². The third-order valence-corrected chi connectivity index (χ3v) is 3.69. The number of aromatic nitrogens is 2. The van der Waals surface area contributed by atoms with Gasteiger partial charge in [-0.25, -0.2) is 9.07 Å². The zero-order chi connectivity index (χ0) is 15.9. The SMILES string of the molecule is CC1(C)Cc2c(nn(-c3cccc(F)c3)c(=N)c2C#N)CO1. The van der Waals surface area contributed by atoms with Crippen molar-refractivity contribution >= 4 is 0 Å². The Bertz CT molecular complexity index is 848. The number of benzene rings is 1. The Balaban J connectivity index is 2.24. The Morgan fingerprint density at radius 1 is 1.45 bits per heavy atom. The minimum atomic E-state index is -0.417. The second kappa shape index (κ2) is 5.04. The van der Waals surface area contributed by atoms with Crippen LogP contribution in [0.3, 0.4) is 0 Å². The molecule has 0 aliphatic carbocycles. The monoisotopic (exact) mass is 298 g/mol. The van der Waals surface area contributed by atoms with Crippen LogP contribution in [0.1, 0.15) is 30.7 Å². The summed E-state index contributed by atoms with van der Waals surface area (Å²) in [7, 11) is 0. The predicted molar refractivity (Wildman–Crippen MR) is 76.7 cm³/mol. The van der Waals surface area contributed by atoms with E-state index in [1.807, 2.05) is 13.8 Å². The highest BCUT2D eigenvalue weighted by molar-refractivity contribution is 5.42. The molecule has 22 heavy (non-hydrogen) atoms. The van der Waals surface area contributed by atoms with Gasteiger partial charge in [0.25, 0.3) is 0 Å². The molecule has 2 heterocycles. The summed E-state index contributed by atoms with van der Waals surface area (Å²) in [6.45, 7) is 4.15. The largest absolute Gasteiger partial charge is 0.369 e. The van der Waals surface area contributed by atoms with Gasteiger partial charge in [-0.2, -0.15) is 10.4 Å². The summed E-state index contributed by atoms with van der Waals surface area (Å²) in [5.74, 6) is -0.417. The molecule has 0 unspecified atom stereocenters. The summed E-state index contributed by atoms with van der Waals surface area (Å²) in [4.78, 5) is 0. The lowest BCUT2D eigenvalue weighted by Crippen LogP contribution is -2.37. The summed E-state index contributed by atoms with van der Waals surface area (Å²) in [5.41, 5.74) is 1.62. The van der Waals surface area contributed by atoms with Crippen molar-refractivity contribution in [1.82, 2.24) is 9.78 Å². The molecule has 0 saturated carbocycles. The predicted octanol–water partition coefficient (Wildman–Crippen LogP) is 2.21. The Hall–Kier alpha value is -2.52. The number of hydrogen-bond donors (Lipinski definition) is 1. The quantitative estimate of drug-likeness (QED) is 0.877. The van der Waals surface area contributed by atoms with Gasteiger partial charge in [0.05, 0.1) is 23.6 Å². The number of nitriles is 1. The van der Waals surface area contributed by atoms with Crippen molar-refractivity contribution in [2.24, 2.45) is 0 Å². The molecule has 1 aliphatic rings. The van der Waals surface area contributed by atoms with E-state index >= 15 is 0 Å². The average molecular weight is 298 g/mol. The van der Waals surface area contributed by atoms with E-state index in [9.17, 15) is 9.65 Å². The topological polar surface area (TPSA) is 74.7 Å². The van der Waals surface area contributed by atoms with Crippen LogP contribution in [0.4, 0.5) is 4.39 Å². The minimum absolute atomic E-state index is 0.0375. The summed E-state index contributed by atoms with van der Waals surface area (Å²) in [5, 5.41) is 22.1. The fourth-order valence-corrected chi connectivity index (χ4v) is 2.59. The van der Waals surface area contributed by atoms with Gasteiger partial charge in [-0.15, -0.1) is 0 Å². The Morgan fingerprint density at radius 2 is 2.23 bits per heavy atom. The molecule has 0 atom stereocenters. The number of fused-ring (bicyclic) bond motifs is 1. The molecule has 0 fully saturated rings. The van der Waals surface area contributed by atoms with Gasteiger partial charge in [-0.1, -0.05) is 6.07 Å². The molecule has 6 heteroatoms. The van der Waals surface area contributed by atoms with Crippen molar-refractivity contribution in [2.45, 2.75) is 32.5 Å². The van der Waals surface area contributed by atoms with E-state index < -0.39 is 11.4 Å². The lowest BCUT2D eigenvalue weighted by Gasteiger charge is -2.31. The Kier molecular flexibility index (Phi) is 3.30. The normalized spacial score (nSPS) is 15.9. The fraction of sp³-hybridized carbons (Fsp3) is 0.312. The van der Waals surface area contributed by atoms with Crippen molar-refractivity contribution in [3.05, 3.63) is 52.4 Å². The molecule has 1 aromatic heterocycles. The van der Waals surface area contributed by atoms with Gasteiger partial charge in [-0.05, 0) is 32.0 Å². The van der Waals surface area contributed by atoms with Gasteiger partial charge in [0.15, 0.2) is 5.49 Å². The maximum atomic E-state index is 13.4. The molecule has 0 spiro atoms. The molecule has 112 valence electrons. The van der Waals surface area contributed by atoms with Gasteiger partial charge in [0.1, 0.15) is 17.4 Å². The van der Waals surface area contributed by atoms with E-state index in [-0.39, 0.29) is 17.7 Å². The number of rotatable bonds is 1. The first-order valence-electron chi connectivity index (χ1n) is 6.91. The van der Waals surface area contributed by atoms with Crippen LogP contribution >= 0.6 is 0 Å². The number of ether oxygens (including phenoxy) is 1. The summed E-state index contributed by atoms with van der Waals surface area (Å²) in [6.07, 6.45) is 0.522. The van der Waals surface area contributed by atoms with Crippen molar-refractivity contribution in [1.29, 1.82) is 10.7 Å². The number of nitrogens with one attached hydrogen (secondary N) is 1. The fourth-order valence-electron chi connectivity index (χ4n) is 2.59. The molecular formula is C16H15FN4O. The van der Waals surface area contributed by atoms with Crippen LogP contribution in [-0.4, -0.2) is 15.4 Å².